The summed E-state index contributed by atoms with van der Waals surface area (Å²) in [7, 11) is 0. The van der Waals surface area contributed by atoms with Gasteiger partial charge in [-0.1, -0.05) is 24.6 Å². The average Bonchev–Trinajstić information content (AvgIpc) is 2.73. The molecule has 0 atom stereocenters. The van der Waals surface area contributed by atoms with E-state index >= 15 is 0 Å². The van der Waals surface area contributed by atoms with Gasteiger partial charge in [-0.2, -0.15) is 0 Å². The van der Waals surface area contributed by atoms with Gasteiger partial charge in [-0.3, -0.25) is 9.59 Å². The van der Waals surface area contributed by atoms with Crippen molar-refractivity contribution in [1.29, 1.82) is 0 Å². The molecule has 0 aromatic heterocycles. The van der Waals surface area contributed by atoms with Gasteiger partial charge in [0.15, 0.2) is 0 Å². The maximum atomic E-state index is 12.5. The first kappa shape index (κ1) is 15.5. The van der Waals surface area contributed by atoms with Gasteiger partial charge in [0.2, 0.25) is 5.91 Å². The van der Waals surface area contributed by atoms with Crippen LogP contribution >= 0.6 is 0 Å². The van der Waals surface area contributed by atoms with E-state index in [2.05, 4.69) is 0 Å². The summed E-state index contributed by atoms with van der Waals surface area (Å²) >= 11 is 0. The molecule has 1 aliphatic rings. The van der Waals surface area contributed by atoms with Gasteiger partial charge in [-0.05, 0) is 31.9 Å². The Balaban J connectivity index is 1.97. The molecule has 0 saturated carbocycles. The third-order valence-electron chi connectivity index (χ3n) is 3.90. The summed E-state index contributed by atoms with van der Waals surface area (Å²) in [6.45, 7) is 6.79. The fourth-order valence-corrected chi connectivity index (χ4v) is 2.62. The molecule has 1 aromatic carbocycles. The average molecular weight is 288 g/mol. The molecular weight excluding hydrogens is 264 g/mol. The summed E-state index contributed by atoms with van der Waals surface area (Å²) in [6.07, 6.45) is 2.33. The molecular formula is C17H24N2O2. The highest BCUT2D eigenvalue weighted by atomic mass is 16.2. The first-order valence-electron chi connectivity index (χ1n) is 7.75. The van der Waals surface area contributed by atoms with E-state index in [0.29, 0.717) is 19.5 Å². The SMILES string of the molecule is CCCC(=O)N1CCCN(C(=O)c2ccc(C)cc2)CC1. The fourth-order valence-electron chi connectivity index (χ4n) is 2.62. The summed E-state index contributed by atoms with van der Waals surface area (Å²) < 4.78 is 0. The minimum absolute atomic E-state index is 0.0693. The lowest BCUT2D eigenvalue weighted by Crippen LogP contribution is -2.37. The zero-order valence-corrected chi connectivity index (χ0v) is 13.0. The molecule has 0 N–H and O–H groups in total. The first-order valence-corrected chi connectivity index (χ1v) is 7.75. The summed E-state index contributed by atoms with van der Waals surface area (Å²) in [5.74, 6) is 0.280. The molecule has 2 amide bonds. The van der Waals surface area contributed by atoms with Crippen LogP contribution in [0, 0.1) is 6.92 Å². The van der Waals surface area contributed by atoms with Crippen LogP contribution in [0.25, 0.3) is 0 Å². The number of amides is 2. The van der Waals surface area contributed by atoms with E-state index in [-0.39, 0.29) is 11.8 Å². The Morgan fingerprint density at radius 2 is 1.62 bits per heavy atom. The van der Waals surface area contributed by atoms with Crippen LogP contribution in [0.1, 0.15) is 42.1 Å². The van der Waals surface area contributed by atoms with Gasteiger partial charge < -0.3 is 9.80 Å². The monoisotopic (exact) mass is 288 g/mol. The van der Waals surface area contributed by atoms with Crippen LogP contribution in [-0.2, 0) is 4.79 Å². The van der Waals surface area contributed by atoms with Gasteiger partial charge in [-0.15, -0.1) is 0 Å². The molecule has 1 saturated heterocycles. The highest BCUT2D eigenvalue weighted by Crippen LogP contribution is 2.11. The number of carbonyl (C=O) groups excluding carboxylic acids is 2. The van der Waals surface area contributed by atoms with Gasteiger partial charge in [-0.25, -0.2) is 0 Å². The number of carbonyl (C=O) groups is 2. The number of benzene rings is 1. The van der Waals surface area contributed by atoms with E-state index in [9.17, 15) is 9.59 Å². The van der Waals surface area contributed by atoms with E-state index in [1.54, 1.807) is 0 Å². The summed E-state index contributed by atoms with van der Waals surface area (Å²) in [5, 5.41) is 0. The Hall–Kier alpha value is -1.84. The normalized spacial score (nSPS) is 15.7. The van der Waals surface area contributed by atoms with Crippen molar-refractivity contribution in [2.24, 2.45) is 0 Å². The maximum Gasteiger partial charge on any atom is 0.253 e. The smallest absolute Gasteiger partial charge is 0.253 e. The Morgan fingerprint density at radius 3 is 2.29 bits per heavy atom. The lowest BCUT2D eigenvalue weighted by atomic mass is 10.1. The predicted molar refractivity (Wildman–Crippen MR) is 83.2 cm³/mol. The van der Waals surface area contributed by atoms with Crippen LogP contribution in [0.5, 0.6) is 0 Å². The molecule has 0 unspecified atom stereocenters. The molecule has 1 heterocycles. The first-order chi connectivity index (χ1) is 10.1. The molecule has 0 bridgehead atoms. The molecule has 0 radical (unpaired) electrons. The van der Waals surface area contributed by atoms with E-state index in [1.807, 2.05) is 47.9 Å². The molecule has 1 aliphatic heterocycles. The minimum atomic E-state index is 0.0693. The zero-order chi connectivity index (χ0) is 15.2. The molecule has 4 heteroatoms. The lowest BCUT2D eigenvalue weighted by molar-refractivity contribution is -0.131. The van der Waals surface area contributed by atoms with Crippen molar-refractivity contribution in [3.05, 3.63) is 35.4 Å². The molecule has 1 fully saturated rings. The highest BCUT2D eigenvalue weighted by molar-refractivity contribution is 5.94. The maximum absolute atomic E-state index is 12.5. The quantitative estimate of drug-likeness (QED) is 0.857. The van der Waals surface area contributed by atoms with Crippen LogP contribution in [0.4, 0.5) is 0 Å². The Bertz CT molecular complexity index is 496. The third kappa shape index (κ3) is 4.06. The minimum Gasteiger partial charge on any atom is -0.341 e. The number of nitrogens with zero attached hydrogens (tertiary/aromatic N) is 2. The van der Waals surface area contributed by atoms with Crippen LogP contribution in [-0.4, -0.2) is 47.8 Å². The zero-order valence-electron chi connectivity index (χ0n) is 13.0. The topological polar surface area (TPSA) is 40.6 Å². The highest BCUT2D eigenvalue weighted by Gasteiger charge is 2.22. The van der Waals surface area contributed by atoms with Crippen molar-refractivity contribution >= 4 is 11.8 Å². The van der Waals surface area contributed by atoms with Crippen molar-refractivity contribution in [1.82, 2.24) is 9.80 Å². The molecule has 0 spiro atoms. The molecule has 2 rings (SSSR count). The van der Waals surface area contributed by atoms with Gasteiger partial charge in [0, 0.05) is 38.2 Å². The Morgan fingerprint density at radius 1 is 1.00 bits per heavy atom. The Kier molecular flexibility index (Phi) is 5.37. The van der Waals surface area contributed by atoms with Crippen LogP contribution in [0.15, 0.2) is 24.3 Å². The lowest BCUT2D eigenvalue weighted by Gasteiger charge is -2.22. The van der Waals surface area contributed by atoms with Crippen LogP contribution in [0.3, 0.4) is 0 Å². The second kappa shape index (κ2) is 7.25. The van der Waals surface area contributed by atoms with E-state index in [0.717, 1.165) is 37.1 Å². The standard InChI is InChI=1S/C17H24N2O2/c1-3-5-16(20)18-10-4-11-19(13-12-18)17(21)15-8-6-14(2)7-9-15/h6-9H,3-5,10-13H2,1-2H3. The van der Waals surface area contributed by atoms with Crippen molar-refractivity contribution in [3.63, 3.8) is 0 Å². The Labute approximate surface area is 126 Å². The van der Waals surface area contributed by atoms with E-state index in [4.69, 9.17) is 0 Å². The van der Waals surface area contributed by atoms with Gasteiger partial charge in [0.05, 0.1) is 0 Å². The summed E-state index contributed by atoms with van der Waals surface area (Å²) in [4.78, 5) is 28.2. The molecule has 114 valence electrons. The van der Waals surface area contributed by atoms with Gasteiger partial charge in [0.25, 0.3) is 5.91 Å². The number of hydrogen-bond donors (Lipinski definition) is 0. The van der Waals surface area contributed by atoms with Gasteiger partial charge >= 0.3 is 0 Å². The predicted octanol–water partition coefficient (Wildman–Crippen LogP) is 2.47. The summed E-state index contributed by atoms with van der Waals surface area (Å²) in [6, 6.07) is 7.68. The molecule has 1 aromatic rings. The third-order valence-corrected chi connectivity index (χ3v) is 3.90. The van der Waals surface area contributed by atoms with Gasteiger partial charge in [0.1, 0.15) is 0 Å². The van der Waals surface area contributed by atoms with Crippen molar-refractivity contribution in [2.45, 2.75) is 33.1 Å². The van der Waals surface area contributed by atoms with E-state index < -0.39 is 0 Å². The summed E-state index contributed by atoms with van der Waals surface area (Å²) in [5.41, 5.74) is 1.88. The van der Waals surface area contributed by atoms with Crippen molar-refractivity contribution < 1.29 is 9.59 Å². The van der Waals surface area contributed by atoms with Crippen LogP contribution < -0.4 is 0 Å². The van der Waals surface area contributed by atoms with E-state index in [1.165, 1.54) is 0 Å². The van der Waals surface area contributed by atoms with Crippen molar-refractivity contribution in [2.75, 3.05) is 26.2 Å². The number of hydrogen-bond acceptors (Lipinski definition) is 2. The number of aryl methyl sites for hydroxylation is 1. The second-order valence-corrected chi connectivity index (χ2v) is 5.64. The number of rotatable bonds is 3. The molecule has 4 nitrogen and oxygen atoms in total. The second-order valence-electron chi connectivity index (χ2n) is 5.64. The van der Waals surface area contributed by atoms with Crippen molar-refractivity contribution in [3.8, 4) is 0 Å². The van der Waals surface area contributed by atoms with Crippen LogP contribution in [0.2, 0.25) is 0 Å². The molecule has 0 aliphatic carbocycles. The largest absolute Gasteiger partial charge is 0.341 e. The fraction of sp³-hybridized carbons (Fsp3) is 0.529. The molecule has 21 heavy (non-hydrogen) atoms.